The number of nitrogens with zero attached hydrogens (tertiary/aromatic N) is 2. The van der Waals surface area contributed by atoms with E-state index in [0.717, 1.165) is 22.2 Å². The van der Waals surface area contributed by atoms with Crippen LogP contribution >= 0.6 is 27.5 Å². The smallest absolute Gasteiger partial charge is 0.141 e. The van der Waals surface area contributed by atoms with Crippen molar-refractivity contribution in [1.82, 2.24) is 9.97 Å². The lowest BCUT2D eigenvalue weighted by atomic mass is 10.2. The second kappa shape index (κ2) is 4.72. The van der Waals surface area contributed by atoms with Crippen LogP contribution in [0.1, 0.15) is 24.6 Å². The molecule has 0 N–H and O–H groups in total. The summed E-state index contributed by atoms with van der Waals surface area (Å²) in [6, 6.07) is 0. The summed E-state index contributed by atoms with van der Waals surface area (Å²) in [6.07, 6.45) is 4.45. The molecule has 0 aromatic carbocycles. The molecule has 1 rings (SSSR count). The van der Waals surface area contributed by atoms with E-state index in [1.165, 1.54) is 6.33 Å². The predicted molar refractivity (Wildman–Crippen MR) is 59.0 cm³/mol. The first kappa shape index (κ1) is 10.7. The summed E-state index contributed by atoms with van der Waals surface area (Å²) in [4.78, 5) is 8.00. The molecule has 0 unspecified atom stereocenters. The average molecular weight is 262 g/mol. The first-order valence-corrected chi connectivity index (χ1v) is 5.17. The van der Waals surface area contributed by atoms with Crippen molar-refractivity contribution in [2.75, 3.05) is 0 Å². The number of aromatic nitrogens is 2. The largest absolute Gasteiger partial charge is 0.241 e. The van der Waals surface area contributed by atoms with E-state index in [9.17, 15) is 0 Å². The Hall–Kier alpha value is -0.410. The number of allylic oxidation sites excluding steroid dienone is 1. The Bertz CT molecular complexity index is 316. The van der Waals surface area contributed by atoms with E-state index in [2.05, 4.69) is 32.8 Å². The zero-order valence-electron chi connectivity index (χ0n) is 7.51. The van der Waals surface area contributed by atoms with Gasteiger partial charge in [0.15, 0.2) is 0 Å². The van der Waals surface area contributed by atoms with Crippen molar-refractivity contribution in [1.29, 1.82) is 0 Å². The van der Waals surface area contributed by atoms with Gasteiger partial charge in [-0.15, -0.1) is 0 Å². The molecule has 13 heavy (non-hydrogen) atoms. The van der Waals surface area contributed by atoms with Crippen LogP contribution in [-0.4, -0.2) is 9.97 Å². The third kappa shape index (κ3) is 2.51. The highest BCUT2D eigenvalue weighted by molar-refractivity contribution is 9.15. The van der Waals surface area contributed by atoms with Crippen LogP contribution in [0.3, 0.4) is 0 Å². The molecule has 0 saturated carbocycles. The zero-order valence-corrected chi connectivity index (χ0v) is 9.85. The topological polar surface area (TPSA) is 25.8 Å². The van der Waals surface area contributed by atoms with Crippen LogP contribution in [0.2, 0.25) is 5.15 Å². The van der Waals surface area contributed by atoms with Gasteiger partial charge in [-0.25, -0.2) is 9.97 Å². The van der Waals surface area contributed by atoms with Crippen LogP contribution in [-0.2, 0) is 0 Å². The van der Waals surface area contributed by atoms with Crippen LogP contribution in [0.4, 0.5) is 0 Å². The molecule has 4 heteroatoms. The zero-order chi connectivity index (χ0) is 9.84. The molecule has 0 aliphatic carbocycles. The standard InChI is InChI=1S/C9H10BrClN2/c1-3-4-7(10)8-6(2)12-5-13-9(8)11/h4-5H,3H2,1-2H3/b7-4+. The molecule has 0 aliphatic heterocycles. The van der Waals surface area contributed by atoms with E-state index >= 15 is 0 Å². The molecule has 0 bridgehead atoms. The van der Waals surface area contributed by atoms with Crippen molar-refractivity contribution in [3.05, 3.63) is 28.8 Å². The number of halogens is 2. The molecule has 0 radical (unpaired) electrons. The number of hydrogen-bond acceptors (Lipinski definition) is 2. The van der Waals surface area contributed by atoms with Gasteiger partial charge < -0.3 is 0 Å². The van der Waals surface area contributed by atoms with E-state index < -0.39 is 0 Å². The third-order valence-electron chi connectivity index (χ3n) is 1.61. The van der Waals surface area contributed by atoms with E-state index in [1.54, 1.807) is 0 Å². The second-order valence-corrected chi connectivity index (χ2v) is 3.80. The molecule has 0 spiro atoms. The molecule has 1 heterocycles. The maximum absolute atomic E-state index is 5.94. The minimum absolute atomic E-state index is 0.490. The molecule has 2 nitrogen and oxygen atoms in total. The van der Waals surface area contributed by atoms with Crippen LogP contribution in [0.25, 0.3) is 4.48 Å². The molecule has 0 atom stereocenters. The quantitative estimate of drug-likeness (QED) is 0.761. The Morgan fingerprint density at radius 1 is 1.62 bits per heavy atom. The van der Waals surface area contributed by atoms with E-state index in [0.29, 0.717) is 5.15 Å². The van der Waals surface area contributed by atoms with Crippen molar-refractivity contribution in [3.63, 3.8) is 0 Å². The first-order chi connectivity index (χ1) is 6.16. The van der Waals surface area contributed by atoms with Gasteiger partial charge in [-0.05, 0) is 13.3 Å². The Morgan fingerprint density at radius 2 is 2.31 bits per heavy atom. The van der Waals surface area contributed by atoms with Gasteiger partial charge in [-0.3, -0.25) is 0 Å². The third-order valence-corrected chi connectivity index (χ3v) is 2.62. The van der Waals surface area contributed by atoms with Gasteiger partial charge in [0, 0.05) is 10.0 Å². The normalized spacial score (nSPS) is 11.8. The average Bonchev–Trinajstić information content (AvgIpc) is 2.04. The van der Waals surface area contributed by atoms with Gasteiger partial charge in [0.2, 0.25) is 0 Å². The van der Waals surface area contributed by atoms with Crippen molar-refractivity contribution in [3.8, 4) is 0 Å². The molecule has 0 aliphatic rings. The fourth-order valence-electron chi connectivity index (χ4n) is 0.997. The van der Waals surface area contributed by atoms with Crippen molar-refractivity contribution in [2.45, 2.75) is 20.3 Å². The summed E-state index contributed by atoms with van der Waals surface area (Å²) in [5.41, 5.74) is 1.77. The minimum Gasteiger partial charge on any atom is -0.241 e. The van der Waals surface area contributed by atoms with Gasteiger partial charge in [0.25, 0.3) is 0 Å². The van der Waals surface area contributed by atoms with Crippen molar-refractivity contribution in [2.24, 2.45) is 0 Å². The number of hydrogen-bond donors (Lipinski definition) is 0. The highest BCUT2D eigenvalue weighted by Gasteiger charge is 2.08. The highest BCUT2D eigenvalue weighted by atomic mass is 79.9. The minimum atomic E-state index is 0.490. The Morgan fingerprint density at radius 3 is 2.85 bits per heavy atom. The monoisotopic (exact) mass is 260 g/mol. The number of rotatable bonds is 2. The summed E-state index contributed by atoms with van der Waals surface area (Å²) in [6.45, 7) is 3.97. The van der Waals surface area contributed by atoms with Gasteiger partial charge in [0.05, 0.1) is 5.69 Å². The summed E-state index contributed by atoms with van der Waals surface area (Å²) >= 11 is 9.38. The molecule has 0 saturated heterocycles. The predicted octanol–water partition coefficient (Wildman–Crippen LogP) is 3.58. The highest BCUT2D eigenvalue weighted by Crippen LogP contribution is 2.28. The molecule has 1 aromatic rings. The molecular formula is C9H10BrClN2. The van der Waals surface area contributed by atoms with Gasteiger partial charge in [0.1, 0.15) is 11.5 Å². The summed E-state index contributed by atoms with van der Waals surface area (Å²) < 4.78 is 0.957. The first-order valence-electron chi connectivity index (χ1n) is 4.00. The van der Waals surface area contributed by atoms with Crippen molar-refractivity contribution < 1.29 is 0 Å². The number of aryl methyl sites for hydroxylation is 1. The molecule has 1 aromatic heterocycles. The van der Waals surface area contributed by atoms with Crippen LogP contribution in [0.5, 0.6) is 0 Å². The fourth-order valence-corrected chi connectivity index (χ4v) is 2.19. The molecule has 0 fully saturated rings. The van der Waals surface area contributed by atoms with Crippen LogP contribution in [0, 0.1) is 6.92 Å². The second-order valence-electron chi connectivity index (χ2n) is 2.59. The van der Waals surface area contributed by atoms with Crippen LogP contribution < -0.4 is 0 Å². The Labute approximate surface area is 91.2 Å². The molecule has 70 valence electrons. The van der Waals surface area contributed by atoms with E-state index in [4.69, 9.17) is 11.6 Å². The lowest BCUT2D eigenvalue weighted by molar-refractivity contribution is 1.09. The van der Waals surface area contributed by atoms with E-state index in [1.807, 2.05) is 13.0 Å². The summed E-state index contributed by atoms with van der Waals surface area (Å²) in [7, 11) is 0. The fraction of sp³-hybridized carbons (Fsp3) is 0.333. The molecular weight excluding hydrogens is 251 g/mol. The van der Waals surface area contributed by atoms with Crippen LogP contribution in [0.15, 0.2) is 12.4 Å². The maximum atomic E-state index is 5.94. The van der Waals surface area contributed by atoms with E-state index in [-0.39, 0.29) is 0 Å². The van der Waals surface area contributed by atoms with Gasteiger partial charge in [-0.2, -0.15) is 0 Å². The summed E-state index contributed by atoms with van der Waals surface area (Å²) in [5, 5.41) is 0.490. The van der Waals surface area contributed by atoms with Gasteiger partial charge >= 0.3 is 0 Å². The van der Waals surface area contributed by atoms with Gasteiger partial charge in [-0.1, -0.05) is 40.5 Å². The van der Waals surface area contributed by atoms with Crippen molar-refractivity contribution >= 4 is 32.0 Å². The SMILES string of the molecule is CC/C=C(/Br)c1c(C)ncnc1Cl. The molecule has 0 amide bonds. The maximum Gasteiger partial charge on any atom is 0.141 e. The Kier molecular flexibility index (Phi) is 3.88. The lowest BCUT2D eigenvalue weighted by Gasteiger charge is -2.04. The summed E-state index contributed by atoms with van der Waals surface area (Å²) in [5.74, 6) is 0. The Balaban J connectivity index is 3.20. The lowest BCUT2D eigenvalue weighted by Crippen LogP contribution is -1.92.